The van der Waals surface area contributed by atoms with Gasteiger partial charge in [-0.25, -0.2) is 19.7 Å². The predicted octanol–water partition coefficient (Wildman–Crippen LogP) is 3.52. The molecule has 0 spiro atoms. The Labute approximate surface area is 314 Å². The monoisotopic (exact) mass is 738 g/mol. The SMILES string of the molecule is CCn1nnc([C@H]2O[C@@H](n3cnc4c(NCC(c5ccccc5)c5ccccc5)nc(CNC(=O)NCCN(C(C)C)C5CCCC5)nc43)[C@H](O)[C@@H]2O)n1. The number of urea groups is 1. The van der Waals surface area contributed by atoms with Gasteiger partial charge in [0.2, 0.25) is 5.82 Å². The number of hydrogen-bond donors (Lipinski definition) is 5. The lowest BCUT2D eigenvalue weighted by Crippen LogP contribution is -2.45. The molecule has 1 saturated heterocycles. The molecular weight excluding hydrogens is 688 g/mol. The molecule has 1 aliphatic carbocycles. The van der Waals surface area contributed by atoms with Gasteiger partial charge >= 0.3 is 6.03 Å². The number of hydrogen-bond acceptors (Lipinski definition) is 12. The van der Waals surface area contributed by atoms with E-state index in [9.17, 15) is 15.0 Å². The number of benzene rings is 2. The molecule has 7 rings (SSSR count). The van der Waals surface area contributed by atoms with Crippen molar-refractivity contribution < 1.29 is 19.7 Å². The molecule has 2 amide bonds. The zero-order chi connectivity index (χ0) is 37.6. The van der Waals surface area contributed by atoms with Crippen LogP contribution in [0.4, 0.5) is 10.6 Å². The number of aliphatic hydroxyl groups is 2. The van der Waals surface area contributed by atoms with E-state index in [4.69, 9.17) is 14.7 Å². The van der Waals surface area contributed by atoms with Gasteiger partial charge in [0.15, 0.2) is 35.1 Å². The molecule has 3 aromatic heterocycles. The van der Waals surface area contributed by atoms with Crippen LogP contribution in [0, 0.1) is 0 Å². The number of nitrogens with zero attached hydrogens (tertiary/aromatic N) is 9. The van der Waals surface area contributed by atoms with Crippen molar-refractivity contribution in [3.05, 3.63) is 89.8 Å². The third-order valence-electron chi connectivity index (χ3n) is 10.4. The van der Waals surface area contributed by atoms with Crippen LogP contribution in [-0.4, -0.2) is 105 Å². The van der Waals surface area contributed by atoms with Crippen molar-refractivity contribution >= 4 is 23.0 Å². The molecule has 0 unspecified atom stereocenters. The maximum absolute atomic E-state index is 13.0. The maximum atomic E-state index is 13.0. The summed E-state index contributed by atoms with van der Waals surface area (Å²) >= 11 is 0. The highest BCUT2D eigenvalue weighted by molar-refractivity contribution is 5.83. The molecule has 16 heteroatoms. The van der Waals surface area contributed by atoms with Gasteiger partial charge in [-0.2, -0.15) is 4.80 Å². The highest BCUT2D eigenvalue weighted by Crippen LogP contribution is 2.39. The van der Waals surface area contributed by atoms with Gasteiger partial charge in [-0.05, 0) is 50.0 Å². The Morgan fingerprint density at radius 3 is 2.33 bits per heavy atom. The number of ether oxygens (including phenoxy) is 1. The number of aliphatic hydroxyl groups excluding tert-OH is 2. The van der Waals surface area contributed by atoms with Crippen LogP contribution in [-0.2, 0) is 17.8 Å². The Bertz CT molecular complexity index is 1930. The lowest BCUT2D eigenvalue weighted by Gasteiger charge is -2.32. The van der Waals surface area contributed by atoms with E-state index in [-0.39, 0.29) is 24.3 Å². The number of aryl methyl sites for hydroxylation is 1. The average molecular weight is 739 g/mol. The first kappa shape index (κ1) is 37.3. The number of rotatable bonds is 15. The van der Waals surface area contributed by atoms with Crippen LogP contribution in [0.3, 0.4) is 0 Å². The molecule has 2 aromatic carbocycles. The van der Waals surface area contributed by atoms with Crippen molar-refractivity contribution in [2.45, 2.75) is 102 Å². The zero-order valence-electron chi connectivity index (χ0n) is 31.0. The van der Waals surface area contributed by atoms with Crippen molar-refractivity contribution in [1.82, 2.24) is 55.3 Å². The van der Waals surface area contributed by atoms with E-state index in [1.807, 2.05) is 43.3 Å². The standard InChI is InChI=1S/C38H50N12O4/c1-4-50-46-35(45-47-50)33-31(51)32(52)37(54-33)49-23-42-30-34(40-21-28(25-13-7-5-8-14-25)26-15-9-6-10-16-26)43-29(44-36(30)49)22-41-38(53)39-19-20-48(24(2)3)27-17-11-12-18-27/h5-10,13-16,23-24,27-28,31-33,37,51-52H,4,11-12,17-22H2,1-3H3,(H2,39,41,53)(H,40,43,44)/t31-,32+,33-,37+/m0/s1. The van der Waals surface area contributed by atoms with Gasteiger partial charge in [0.05, 0.1) is 19.4 Å². The quantitative estimate of drug-likeness (QED) is 0.105. The molecule has 0 bridgehead atoms. The molecule has 1 aliphatic heterocycles. The van der Waals surface area contributed by atoms with E-state index in [0.717, 1.165) is 17.7 Å². The molecule has 16 nitrogen and oxygen atoms in total. The van der Waals surface area contributed by atoms with Gasteiger partial charge in [0.1, 0.15) is 12.2 Å². The molecule has 54 heavy (non-hydrogen) atoms. The molecule has 5 N–H and O–H groups in total. The molecule has 2 aliphatic rings. The van der Waals surface area contributed by atoms with Crippen molar-refractivity contribution in [3.63, 3.8) is 0 Å². The summed E-state index contributed by atoms with van der Waals surface area (Å²) in [5, 5.41) is 44.0. The maximum Gasteiger partial charge on any atom is 0.315 e. The summed E-state index contributed by atoms with van der Waals surface area (Å²) in [6.07, 6.45) is 1.65. The van der Waals surface area contributed by atoms with Gasteiger partial charge in [-0.1, -0.05) is 73.5 Å². The zero-order valence-corrected chi connectivity index (χ0v) is 31.0. The number of carbonyl (C=O) groups is 1. The van der Waals surface area contributed by atoms with Crippen LogP contribution >= 0.6 is 0 Å². The van der Waals surface area contributed by atoms with Crippen LogP contribution in [0.2, 0.25) is 0 Å². The van der Waals surface area contributed by atoms with Crippen molar-refractivity contribution in [1.29, 1.82) is 0 Å². The predicted molar refractivity (Wildman–Crippen MR) is 201 cm³/mol. The Hall–Kier alpha value is -5.03. The minimum atomic E-state index is -1.35. The average Bonchev–Trinajstić information content (AvgIpc) is 4.02. The number of anilines is 1. The molecular formula is C38H50N12O4. The number of imidazole rings is 1. The lowest BCUT2D eigenvalue weighted by molar-refractivity contribution is -0.0384. The van der Waals surface area contributed by atoms with E-state index >= 15 is 0 Å². The van der Waals surface area contributed by atoms with Gasteiger partial charge in [0.25, 0.3) is 0 Å². The van der Waals surface area contributed by atoms with E-state index in [2.05, 4.69) is 79.4 Å². The molecule has 2 fully saturated rings. The van der Waals surface area contributed by atoms with Gasteiger partial charge in [0, 0.05) is 37.6 Å². The Kier molecular flexibility index (Phi) is 11.7. The van der Waals surface area contributed by atoms with Gasteiger partial charge < -0.3 is 30.9 Å². The van der Waals surface area contributed by atoms with Crippen LogP contribution in [0.1, 0.15) is 87.5 Å². The highest BCUT2D eigenvalue weighted by Gasteiger charge is 2.47. The minimum absolute atomic E-state index is 0.0126. The Balaban J connectivity index is 1.13. The molecule has 0 radical (unpaired) electrons. The van der Waals surface area contributed by atoms with Crippen LogP contribution in [0.5, 0.6) is 0 Å². The van der Waals surface area contributed by atoms with Crippen molar-refractivity contribution in [2.75, 3.05) is 25.0 Å². The second-order valence-electron chi connectivity index (χ2n) is 14.2. The van der Waals surface area contributed by atoms with Crippen molar-refractivity contribution in [3.8, 4) is 0 Å². The number of nitrogens with one attached hydrogen (secondary N) is 3. The van der Waals surface area contributed by atoms with Crippen molar-refractivity contribution in [2.24, 2.45) is 0 Å². The lowest BCUT2D eigenvalue weighted by atomic mass is 9.91. The smallest absolute Gasteiger partial charge is 0.315 e. The van der Waals surface area contributed by atoms with Gasteiger partial charge in [-0.15, -0.1) is 10.2 Å². The summed E-state index contributed by atoms with van der Waals surface area (Å²) in [6, 6.07) is 21.1. The fourth-order valence-electron chi connectivity index (χ4n) is 7.57. The summed E-state index contributed by atoms with van der Waals surface area (Å²) in [5.41, 5.74) is 3.05. The Morgan fingerprint density at radius 1 is 0.981 bits per heavy atom. The molecule has 286 valence electrons. The van der Waals surface area contributed by atoms with E-state index in [1.165, 1.54) is 36.8 Å². The molecule has 5 aromatic rings. The second kappa shape index (κ2) is 17.0. The largest absolute Gasteiger partial charge is 0.387 e. The summed E-state index contributed by atoms with van der Waals surface area (Å²) < 4.78 is 7.74. The summed E-state index contributed by atoms with van der Waals surface area (Å²) in [6.45, 7) is 8.56. The van der Waals surface area contributed by atoms with E-state index in [0.29, 0.717) is 54.5 Å². The first-order chi connectivity index (χ1) is 26.3. The minimum Gasteiger partial charge on any atom is -0.387 e. The van der Waals surface area contributed by atoms with Gasteiger partial charge in [-0.3, -0.25) is 9.47 Å². The fraction of sp³-hybridized carbons (Fsp3) is 0.500. The van der Waals surface area contributed by atoms with E-state index in [1.54, 1.807) is 4.57 Å². The fourth-order valence-corrected chi connectivity index (χ4v) is 7.57. The number of amides is 2. The third kappa shape index (κ3) is 8.21. The summed E-state index contributed by atoms with van der Waals surface area (Å²) in [4.78, 5) is 31.2. The normalized spacial score (nSPS) is 20.4. The first-order valence-electron chi connectivity index (χ1n) is 18.9. The molecule has 4 heterocycles. The number of fused-ring (bicyclic) bond motifs is 1. The van der Waals surface area contributed by atoms with Crippen LogP contribution in [0.15, 0.2) is 67.0 Å². The Morgan fingerprint density at radius 2 is 1.69 bits per heavy atom. The van der Waals surface area contributed by atoms with Crippen LogP contribution < -0.4 is 16.0 Å². The summed E-state index contributed by atoms with van der Waals surface area (Å²) in [7, 11) is 0. The summed E-state index contributed by atoms with van der Waals surface area (Å²) in [5.74, 6) is 0.927. The van der Waals surface area contributed by atoms with E-state index < -0.39 is 24.5 Å². The molecule has 4 atom stereocenters. The number of tetrazole rings is 1. The topological polar surface area (TPSA) is 193 Å². The third-order valence-corrected chi connectivity index (χ3v) is 10.4. The molecule has 1 saturated carbocycles. The second-order valence-corrected chi connectivity index (χ2v) is 14.2. The number of carbonyl (C=O) groups excluding carboxylic acids is 1. The highest BCUT2D eigenvalue weighted by atomic mass is 16.6. The van der Waals surface area contributed by atoms with Crippen LogP contribution in [0.25, 0.3) is 11.2 Å². The number of aromatic nitrogens is 8. The first-order valence-corrected chi connectivity index (χ1v) is 18.9.